The molecule has 1 fully saturated rings. The van der Waals surface area contributed by atoms with Crippen molar-refractivity contribution in [3.05, 3.63) is 46.2 Å². The number of piperidine rings is 1. The summed E-state index contributed by atoms with van der Waals surface area (Å²) in [6, 6.07) is 7.61. The van der Waals surface area contributed by atoms with Gasteiger partial charge in [0, 0.05) is 18.7 Å². The number of aryl methyl sites for hydroxylation is 1. The van der Waals surface area contributed by atoms with Crippen LogP contribution in [-0.2, 0) is 0 Å². The van der Waals surface area contributed by atoms with Crippen LogP contribution in [0.1, 0.15) is 34.6 Å². The van der Waals surface area contributed by atoms with Gasteiger partial charge in [-0.3, -0.25) is 4.79 Å². The quantitative estimate of drug-likeness (QED) is 0.910. The van der Waals surface area contributed by atoms with Crippen LogP contribution in [0, 0.1) is 19.8 Å². The summed E-state index contributed by atoms with van der Waals surface area (Å²) >= 11 is 6.22. The molecule has 2 aromatic rings. The van der Waals surface area contributed by atoms with Gasteiger partial charge in [-0.05, 0) is 70.5 Å². The van der Waals surface area contributed by atoms with Crippen LogP contribution in [0.4, 0.5) is 0 Å². The van der Waals surface area contributed by atoms with Gasteiger partial charge in [0.1, 0.15) is 0 Å². The maximum Gasteiger partial charge on any atom is 0.253 e. The normalized spacial score (nSPS) is 17.8. The van der Waals surface area contributed by atoms with Gasteiger partial charge in [0.2, 0.25) is 0 Å². The van der Waals surface area contributed by atoms with E-state index in [1.807, 2.05) is 54.7 Å². The molecule has 1 saturated heterocycles. The van der Waals surface area contributed by atoms with Gasteiger partial charge in [-0.15, -0.1) is 0 Å². The van der Waals surface area contributed by atoms with Crippen molar-refractivity contribution in [1.82, 2.24) is 20.0 Å². The van der Waals surface area contributed by atoms with Crippen LogP contribution in [0.3, 0.4) is 0 Å². The summed E-state index contributed by atoms with van der Waals surface area (Å²) in [5.74, 6) is 0.651. The molecule has 0 radical (unpaired) electrons. The third kappa shape index (κ3) is 3.72. The summed E-state index contributed by atoms with van der Waals surface area (Å²) in [5.41, 5.74) is 3.35. The summed E-state index contributed by atoms with van der Waals surface area (Å²) in [5, 5.41) is 8.36. The molecule has 1 atom stereocenters. The van der Waals surface area contributed by atoms with Crippen molar-refractivity contribution in [3.8, 4) is 5.69 Å². The highest BCUT2D eigenvalue weighted by molar-refractivity contribution is 6.31. The van der Waals surface area contributed by atoms with E-state index in [4.69, 9.17) is 11.6 Å². The number of carbonyl (C=O) groups excluding carboxylic acids is 1. The van der Waals surface area contributed by atoms with E-state index >= 15 is 0 Å². The second-order valence-corrected chi connectivity index (χ2v) is 7.14. The zero-order valence-corrected chi connectivity index (χ0v) is 15.8. The highest BCUT2D eigenvalue weighted by Crippen LogP contribution is 2.23. The number of hydrogen-bond donors (Lipinski definition) is 1. The molecule has 1 amide bonds. The predicted molar refractivity (Wildman–Crippen MR) is 101 cm³/mol. The lowest BCUT2D eigenvalue weighted by Gasteiger charge is -2.32. The van der Waals surface area contributed by atoms with Crippen molar-refractivity contribution in [2.75, 3.05) is 26.7 Å². The Kier molecular flexibility index (Phi) is 5.45. The predicted octanol–water partition coefficient (Wildman–Crippen LogP) is 3.21. The number of hydrogen-bond acceptors (Lipinski definition) is 3. The third-order valence-corrected chi connectivity index (χ3v) is 5.41. The van der Waals surface area contributed by atoms with Gasteiger partial charge < -0.3 is 10.2 Å². The molecule has 1 aromatic heterocycles. The third-order valence-electron chi connectivity index (χ3n) is 4.86. The van der Waals surface area contributed by atoms with E-state index in [9.17, 15) is 4.79 Å². The molecular weight excluding hydrogens is 336 g/mol. The fourth-order valence-electron chi connectivity index (χ4n) is 3.51. The van der Waals surface area contributed by atoms with Crippen LogP contribution in [0.5, 0.6) is 0 Å². The summed E-state index contributed by atoms with van der Waals surface area (Å²) in [4.78, 5) is 14.8. The Morgan fingerprint density at radius 1 is 1.32 bits per heavy atom. The van der Waals surface area contributed by atoms with Crippen molar-refractivity contribution in [2.45, 2.75) is 26.7 Å². The van der Waals surface area contributed by atoms with Gasteiger partial charge in [0.05, 0.1) is 22.1 Å². The maximum atomic E-state index is 12.8. The number of nitrogens with zero attached hydrogens (tertiary/aromatic N) is 3. The minimum Gasteiger partial charge on any atom is -0.338 e. The van der Waals surface area contributed by atoms with Crippen LogP contribution < -0.4 is 5.32 Å². The maximum absolute atomic E-state index is 12.8. The van der Waals surface area contributed by atoms with Gasteiger partial charge in [-0.2, -0.15) is 5.10 Å². The standard InChI is InChI=1S/C19H25ClN4O/c1-13-18(20)14(2)24(22-13)17-8-6-16(7-9-17)19(25)23-10-4-5-15(12-23)11-21-3/h6-9,15,21H,4-5,10-12H2,1-3H3/t15-/m0/s1. The molecule has 0 aliphatic carbocycles. The summed E-state index contributed by atoms with van der Waals surface area (Å²) in [6.07, 6.45) is 2.25. The second-order valence-electron chi connectivity index (χ2n) is 6.76. The largest absolute Gasteiger partial charge is 0.338 e. The smallest absolute Gasteiger partial charge is 0.253 e. The number of carbonyl (C=O) groups is 1. The molecule has 3 rings (SSSR count). The van der Waals surface area contributed by atoms with Gasteiger partial charge in [0.15, 0.2) is 0 Å². The number of aromatic nitrogens is 2. The molecule has 1 aliphatic heterocycles. The first-order valence-electron chi connectivity index (χ1n) is 8.77. The lowest BCUT2D eigenvalue weighted by molar-refractivity contribution is 0.0674. The summed E-state index contributed by atoms with van der Waals surface area (Å²) in [6.45, 7) is 6.46. The first-order chi connectivity index (χ1) is 12.0. The van der Waals surface area contributed by atoms with Crippen LogP contribution >= 0.6 is 11.6 Å². The number of halogens is 1. The molecule has 2 heterocycles. The van der Waals surface area contributed by atoms with E-state index in [2.05, 4.69) is 10.4 Å². The second kappa shape index (κ2) is 7.58. The molecule has 0 unspecified atom stereocenters. The Morgan fingerprint density at radius 3 is 2.64 bits per heavy atom. The number of nitrogens with one attached hydrogen (secondary N) is 1. The monoisotopic (exact) mass is 360 g/mol. The van der Waals surface area contributed by atoms with Crippen LogP contribution in [0.2, 0.25) is 5.02 Å². The Hall–Kier alpha value is -1.85. The Labute approximate surface area is 154 Å². The van der Waals surface area contributed by atoms with Crippen LogP contribution in [-0.4, -0.2) is 47.3 Å². The fraction of sp³-hybridized carbons (Fsp3) is 0.474. The van der Waals surface area contributed by atoms with Crippen molar-refractivity contribution in [2.24, 2.45) is 5.92 Å². The molecule has 5 nitrogen and oxygen atoms in total. The Bertz CT molecular complexity index is 752. The molecular formula is C19H25ClN4O. The van der Waals surface area contributed by atoms with Crippen molar-refractivity contribution >= 4 is 17.5 Å². The highest BCUT2D eigenvalue weighted by atomic mass is 35.5. The fourth-order valence-corrected chi connectivity index (χ4v) is 3.63. The average molecular weight is 361 g/mol. The van der Waals surface area contributed by atoms with E-state index in [1.165, 1.54) is 6.42 Å². The molecule has 6 heteroatoms. The Morgan fingerprint density at radius 2 is 2.04 bits per heavy atom. The molecule has 1 aliphatic rings. The number of likely N-dealkylation sites (tertiary alicyclic amines) is 1. The molecule has 0 bridgehead atoms. The first-order valence-corrected chi connectivity index (χ1v) is 9.15. The summed E-state index contributed by atoms with van der Waals surface area (Å²) < 4.78 is 1.82. The van der Waals surface area contributed by atoms with Crippen molar-refractivity contribution in [1.29, 1.82) is 0 Å². The topological polar surface area (TPSA) is 50.2 Å². The Balaban J connectivity index is 1.75. The van der Waals surface area contributed by atoms with Gasteiger partial charge in [-0.25, -0.2) is 4.68 Å². The van der Waals surface area contributed by atoms with Gasteiger partial charge in [-0.1, -0.05) is 11.6 Å². The first kappa shape index (κ1) is 18.0. The summed E-state index contributed by atoms with van der Waals surface area (Å²) in [7, 11) is 1.96. The van der Waals surface area contributed by atoms with E-state index in [0.29, 0.717) is 10.9 Å². The van der Waals surface area contributed by atoms with E-state index in [-0.39, 0.29) is 5.91 Å². The van der Waals surface area contributed by atoms with Gasteiger partial charge >= 0.3 is 0 Å². The van der Waals surface area contributed by atoms with Crippen molar-refractivity contribution in [3.63, 3.8) is 0 Å². The molecule has 1 aromatic carbocycles. The average Bonchev–Trinajstić information content (AvgIpc) is 2.89. The van der Waals surface area contributed by atoms with Gasteiger partial charge in [0.25, 0.3) is 5.91 Å². The van der Waals surface area contributed by atoms with Crippen LogP contribution in [0.25, 0.3) is 5.69 Å². The zero-order valence-electron chi connectivity index (χ0n) is 15.1. The molecule has 1 N–H and O–H groups in total. The minimum absolute atomic E-state index is 0.110. The minimum atomic E-state index is 0.110. The molecule has 25 heavy (non-hydrogen) atoms. The van der Waals surface area contributed by atoms with Crippen LogP contribution in [0.15, 0.2) is 24.3 Å². The van der Waals surface area contributed by atoms with E-state index in [0.717, 1.165) is 48.7 Å². The highest BCUT2D eigenvalue weighted by Gasteiger charge is 2.24. The molecule has 0 spiro atoms. The van der Waals surface area contributed by atoms with E-state index in [1.54, 1.807) is 0 Å². The van der Waals surface area contributed by atoms with E-state index < -0.39 is 0 Å². The molecule has 134 valence electrons. The lowest BCUT2D eigenvalue weighted by atomic mass is 9.97. The number of benzene rings is 1. The lowest BCUT2D eigenvalue weighted by Crippen LogP contribution is -2.42. The number of amides is 1. The van der Waals surface area contributed by atoms with Crippen molar-refractivity contribution < 1.29 is 4.79 Å². The molecule has 0 saturated carbocycles. The SMILES string of the molecule is CNC[C@@H]1CCCN(C(=O)c2ccc(-n3nc(C)c(Cl)c3C)cc2)C1. The zero-order chi connectivity index (χ0) is 18.0. The number of rotatable bonds is 4.